The van der Waals surface area contributed by atoms with E-state index < -0.39 is 5.60 Å². The summed E-state index contributed by atoms with van der Waals surface area (Å²) in [5.74, 6) is 1.04. The van der Waals surface area contributed by atoms with Crippen LogP contribution in [0.4, 0.5) is 0 Å². The number of hydrogen-bond acceptors (Lipinski definition) is 4. The molecule has 1 unspecified atom stereocenters. The SMILES string of the molecule is CCCCCCCCCCCCCC(=O)OC1(C(CN(C)C)c2ccc(OC)cc2)CCCCC1. The van der Waals surface area contributed by atoms with Crippen LogP contribution in [0.3, 0.4) is 0 Å². The fourth-order valence-electron chi connectivity index (χ4n) is 5.66. The predicted octanol–water partition coefficient (Wildman–Crippen LogP) is 8.29. The zero-order chi connectivity index (χ0) is 25.4. The number of unbranched alkanes of at least 4 members (excludes halogenated alkanes) is 10. The molecule has 35 heavy (non-hydrogen) atoms. The van der Waals surface area contributed by atoms with Crippen molar-refractivity contribution >= 4 is 5.97 Å². The van der Waals surface area contributed by atoms with Gasteiger partial charge in [-0.25, -0.2) is 0 Å². The van der Waals surface area contributed by atoms with E-state index in [2.05, 4.69) is 38.1 Å². The summed E-state index contributed by atoms with van der Waals surface area (Å²) in [7, 11) is 5.92. The van der Waals surface area contributed by atoms with E-state index in [0.29, 0.717) is 6.42 Å². The minimum Gasteiger partial charge on any atom is -0.497 e. The van der Waals surface area contributed by atoms with E-state index in [1.54, 1.807) is 7.11 Å². The Morgan fingerprint density at radius 3 is 1.91 bits per heavy atom. The highest BCUT2D eigenvalue weighted by atomic mass is 16.6. The number of likely N-dealkylation sites (N-methyl/N-ethyl adjacent to an activating group) is 1. The zero-order valence-electron chi connectivity index (χ0n) is 23.3. The van der Waals surface area contributed by atoms with Crippen LogP contribution in [0.15, 0.2) is 24.3 Å². The molecule has 4 heteroatoms. The molecule has 1 aliphatic rings. The Hall–Kier alpha value is -1.55. The Labute approximate surface area is 216 Å². The number of benzene rings is 1. The molecule has 0 amide bonds. The number of ether oxygens (including phenoxy) is 2. The van der Waals surface area contributed by atoms with Gasteiger partial charge in [-0.1, -0.05) is 89.7 Å². The highest BCUT2D eigenvalue weighted by molar-refractivity contribution is 5.70. The van der Waals surface area contributed by atoms with Gasteiger partial charge in [-0.15, -0.1) is 0 Å². The molecule has 4 nitrogen and oxygen atoms in total. The largest absolute Gasteiger partial charge is 0.497 e. The highest BCUT2D eigenvalue weighted by Crippen LogP contribution is 2.44. The Kier molecular flexibility index (Phi) is 14.4. The summed E-state index contributed by atoms with van der Waals surface area (Å²) in [5, 5.41) is 0. The van der Waals surface area contributed by atoms with Gasteiger partial charge in [0.25, 0.3) is 0 Å². The van der Waals surface area contributed by atoms with Gasteiger partial charge in [0.2, 0.25) is 0 Å². The molecule has 1 atom stereocenters. The molecule has 0 N–H and O–H groups in total. The van der Waals surface area contributed by atoms with Crippen LogP contribution in [0.25, 0.3) is 0 Å². The average Bonchev–Trinajstić information content (AvgIpc) is 2.86. The molecular formula is C31H53NO3. The van der Waals surface area contributed by atoms with Crippen LogP contribution >= 0.6 is 0 Å². The molecule has 1 aromatic carbocycles. The van der Waals surface area contributed by atoms with Crippen LogP contribution < -0.4 is 4.74 Å². The number of methoxy groups -OCH3 is 1. The van der Waals surface area contributed by atoms with Crippen molar-refractivity contribution in [3.8, 4) is 5.75 Å². The second-order valence-electron chi connectivity index (χ2n) is 11.0. The van der Waals surface area contributed by atoms with Crippen molar-refractivity contribution in [2.75, 3.05) is 27.7 Å². The lowest BCUT2D eigenvalue weighted by Gasteiger charge is -2.44. The molecule has 0 heterocycles. The van der Waals surface area contributed by atoms with Crippen LogP contribution in [0.2, 0.25) is 0 Å². The molecule has 1 aliphatic carbocycles. The standard InChI is InChI=1S/C31H53NO3/c1-5-6-7-8-9-10-11-12-13-14-16-19-30(33)35-31(24-17-15-18-25-31)29(26-32(2)3)27-20-22-28(34-4)23-21-27/h20-23,29H,5-19,24-26H2,1-4H3. The lowest BCUT2D eigenvalue weighted by atomic mass is 9.72. The topological polar surface area (TPSA) is 38.8 Å². The first-order valence-corrected chi connectivity index (χ1v) is 14.5. The van der Waals surface area contributed by atoms with Gasteiger partial charge in [0, 0.05) is 18.9 Å². The fraction of sp³-hybridized carbons (Fsp3) is 0.774. The Morgan fingerprint density at radius 1 is 0.857 bits per heavy atom. The van der Waals surface area contributed by atoms with Crippen molar-refractivity contribution in [3.05, 3.63) is 29.8 Å². The molecule has 1 saturated carbocycles. The van der Waals surface area contributed by atoms with Crippen LogP contribution in [-0.2, 0) is 9.53 Å². The van der Waals surface area contributed by atoms with Crippen molar-refractivity contribution in [1.82, 2.24) is 4.90 Å². The molecule has 0 radical (unpaired) electrons. The number of carbonyl (C=O) groups excluding carboxylic acids is 1. The molecule has 200 valence electrons. The Balaban J connectivity index is 1.85. The van der Waals surface area contributed by atoms with E-state index in [1.165, 1.54) is 69.8 Å². The number of rotatable bonds is 18. The lowest BCUT2D eigenvalue weighted by molar-refractivity contribution is -0.167. The maximum Gasteiger partial charge on any atom is 0.306 e. The summed E-state index contributed by atoms with van der Waals surface area (Å²) >= 11 is 0. The van der Waals surface area contributed by atoms with Crippen LogP contribution in [0.5, 0.6) is 5.75 Å². The summed E-state index contributed by atoms with van der Waals surface area (Å²) in [6.45, 7) is 3.14. The summed E-state index contributed by atoms with van der Waals surface area (Å²) in [5.41, 5.74) is 0.843. The van der Waals surface area contributed by atoms with E-state index in [9.17, 15) is 4.79 Å². The van der Waals surface area contributed by atoms with Crippen molar-refractivity contribution in [2.45, 2.75) is 128 Å². The van der Waals surface area contributed by atoms with Crippen LogP contribution in [0.1, 0.15) is 128 Å². The number of hydrogen-bond donors (Lipinski definition) is 0. The van der Waals surface area contributed by atoms with Gasteiger partial charge < -0.3 is 14.4 Å². The molecule has 0 spiro atoms. The van der Waals surface area contributed by atoms with Gasteiger partial charge >= 0.3 is 5.97 Å². The summed E-state index contributed by atoms with van der Waals surface area (Å²) < 4.78 is 11.8. The number of carbonyl (C=O) groups is 1. The van der Waals surface area contributed by atoms with Crippen molar-refractivity contribution in [2.24, 2.45) is 0 Å². The summed E-state index contributed by atoms with van der Waals surface area (Å²) in [4.78, 5) is 15.3. The van der Waals surface area contributed by atoms with Gasteiger partial charge in [0.1, 0.15) is 11.4 Å². The summed E-state index contributed by atoms with van der Waals surface area (Å²) in [6, 6.07) is 8.37. The normalized spacial score (nSPS) is 16.3. The molecule has 1 aromatic rings. The third-order valence-corrected chi connectivity index (χ3v) is 7.70. The smallest absolute Gasteiger partial charge is 0.306 e. The molecule has 0 aliphatic heterocycles. The van der Waals surface area contributed by atoms with Gasteiger partial charge in [0.05, 0.1) is 7.11 Å². The zero-order valence-corrected chi connectivity index (χ0v) is 23.3. The van der Waals surface area contributed by atoms with Gasteiger partial charge in [-0.05, 0) is 63.9 Å². The van der Waals surface area contributed by atoms with Crippen LogP contribution in [0, 0.1) is 0 Å². The average molecular weight is 488 g/mol. The quantitative estimate of drug-likeness (QED) is 0.154. The predicted molar refractivity (Wildman–Crippen MR) is 147 cm³/mol. The van der Waals surface area contributed by atoms with Gasteiger partial charge in [-0.3, -0.25) is 4.79 Å². The van der Waals surface area contributed by atoms with Crippen molar-refractivity contribution in [3.63, 3.8) is 0 Å². The van der Waals surface area contributed by atoms with E-state index in [0.717, 1.165) is 50.8 Å². The van der Waals surface area contributed by atoms with Gasteiger partial charge in [0.15, 0.2) is 0 Å². The minimum absolute atomic E-state index is 0.0000851. The van der Waals surface area contributed by atoms with Crippen LogP contribution in [-0.4, -0.2) is 44.2 Å². The molecule has 0 bridgehead atoms. The maximum atomic E-state index is 13.0. The first-order valence-electron chi connectivity index (χ1n) is 14.5. The van der Waals surface area contributed by atoms with E-state index in [1.807, 2.05) is 12.1 Å². The Morgan fingerprint density at radius 2 is 1.40 bits per heavy atom. The molecular weight excluding hydrogens is 434 g/mol. The Bertz CT molecular complexity index is 679. The second kappa shape index (κ2) is 17.0. The van der Waals surface area contributed by atoms with Crippen molar-refractivity contribution < 1.29 is 14.3 Å². The maximum absolute atomic E-state index is 13.0. The second-order valence-corrected chi connectivity index (χ2v) is 11.0. The van der Waals surface area contributed by atoms with E-state index in [-0.39, 0.29) is 11.9 Å². The molecule has 0 aromatic heterocycles. The summed E-state index contributed by atoms with van der Waals surface area (Å²) in [6.07, 6.45) is 20.2. The third kappa shape index (κ3) is 10.9. The van der Waals surface area contributed by atoms with E-state index >= 15 is 0 Å². The number of esters is 1. The van der Waals surface area contributed by atoms with Gasteiger partial charge in [-0.2, -0.15) is 0 Å². The molecule has 0 saturated heterocycles. The van der Waals surface area contributed by atoms with E-state index in [4.69, 9.17) is 9.47 Å². The third-order valence-electron chi connectivity index (χ3n) is 7.70. The lowest BCUT2D eigenvalue weighted by Crippen LogP contribution is -2.46. The minimum atomic E-state index is -0.397. The van der Waals surface area contributed by atoms with Crippen molar-refractivity contribution in [1.29, 1.82) is 0 Å². The highest BCUT2D eigenvalue weighted by Gasteiger charge is 2.44. The first-order chi connectivity index (χ1) is 17.0. The monoisotopic (exact) mass is 487 g/mol. The molecule has 2 rings (SSSR count). The number of nitrogens with zero attached hydrogens (tertiary/aromatic N) is 1. The first kappa shape index (κ1) is 29.7. The molecule has 1 fully saturated rings. The fourth-order valence-corrected chi connectivity index (χ4v) is 5.66.